The molecule has 3 aromatic rings. The summed E-state index contributed by atoms with van der Waals surface area (Å²) in [5.41, 5.74) is 1.63. The van der Waals surface area contributed by atoms with Gasteiger partial charge in [0.15, 0.2) is 18.1 Å². The van der Waals surface area contributed by atoms with Gasteiger partial charge in [-0.2, -0.15) is 0 Å². The van der Waals surface area contributed by atoms with E-state index < -0.39 is 0 Å². The van der Waals surface area contributed by atoms with Gasteiger partial charge in [-0.25, -0.2) is 0 Å². The number of furan rings is 1. The second kappa shape index (κ2) is 7.67. The van der Waals surface area contributed by atoms with Crippen LogP contribution in [0.2, 0.25) is 0 Å². The quantitative estimate of drug-likeness (QED) is 0.456. The Morgan fingerprint density at radius 1 is 1.10 bits per heavy atom. The van der Waals surface area contributed by atoms with Gasteiger partial charge in [-0.3, -0.25) is 9.59 Å². The lowest BCUT2D eigenvalue weighted by molar-refractivity contribution is 0.0920. The molecule has 2 aromatic carbocycles. The summed E-state index contributed by atoms with van der Waals surface area (Å²) in [5, 5.41) is 0. The molecule has 0 amide bonds. The molecule has 0 N–H and O–H groups in total. The largest absolute Gasteiger partial charge is 0.497 e. The zero-order valence-corrected chi connectivity index (χ0v) is 15.9. The number of carbonyl (C=O) groups is 2. The van der Waals surface area contributed by atoms with E-state index >= 15 is 0 Å². The molecular weight excluding hydrogens is 372 g/mol. The number of ether oxygens (including phenoxy) is 3. The highest BCUT2D eigenvalue weighted by Crippen LogP contribution is 2.39. The molecule has 1 aliphatic rings. The van der Waals surface area contributed by atoms with Crippen LogP contribution in [0.5, 0.6) is 17.2 Å². The topological polar surface area (TPSA) is 75.0 Å². The second-order valence-electron chi connectivity index (χ2n) is 6.46. The summed E-state index contributed by atoms with van der Waals surface area (Å²) >= 11 is 0. The number of fused-ring (bicyclic) bond motifs is 1. The van der Waals surface area contributed by atoms with Gasteiger partial charge in [0.05, 0.1) is 18.9 Å². The Bertz CT molecular complexity index is 1090. The first-order valence-electron chi connectivity index (χ1n) is 8.98. The van der Waals surface area contributed by atoms with E-state index in [0.717, 1.165) is 0 Å². The van der Waals surface area contributed by atoms with E-state index in [0.29, 0.717) is 39.7 Å². The Labute approximate surface area is 167 Å². The van der Waals surface area contributed by atoms with Crippen LogP contribution in [0, 0.1) is 6.92 Å². The summed E-state index contributed by atoms with van der Waals surface area (Å²) in [5.74, 6) is 1.92. The minimum absolute atomic E-state index is 0.130. The van der Waals surface area contributed by atoms with Crippen LogP contribution in [0.15, 0.2) is 65.0 Å². The van der Waals surface area contributed by atoms with Gasteiger partial charge in [-0.05, 0) is 55.5 Å². The molecule has 0 atom stereocenters. The standard InChI is InChI=1S/C23H18O6/c1-14-20(28-13-19(24)15-5-7-16(26-2)8-6-15)10-9-18-22(25)21(29-23(14)18)12-17-4-3-11-27-17/h3-12H,13H2,1-2H3/b21-12-. The molecule has 1 aromatic heterocycles. The van der Waals surface area contributed by atoms with Crippen molar-refractivity contribution in [3.8, 4) is 17.2 Å². The van der Waals surface area contributed by atoms with Gasteiger partial charge in [0.2, 0.25) is 5.78 Å². The maximum Gasteiger partial charge on any atom is 0.232 e. The molecule has 146 valence electrons. The molecular formula is C23H18O6. The third-order valence-electron chi connectivity index (χ3n) is 4.62. The fraction of sp³-hybridized carbons (Fsp3) is 0.130. The van der Waals surface area contributed by atoms with Crippen LogP contribution in [0.1, 0.15) is 32.0 Å². The maximum absolute atomic E-state index is 12.5. The molecule has 0 saturated carbocycles. The summed E-state index contributed by atoms with van der Waals surface area (Å²) < 4.78 is 21.8. The molecule has 0 unspecified atom stereocenters. The second-order valence-corrected chi connectivity index (χ2v) is 6.46. The molecule has 4 rings (SSSR count). The summed E-state index contributed by atoms with van der Waals surface area (Å²) in [6.45, 7) is 1.66. The molecule has 0 fully saturated rings. The highest BCUT2D eigenvalue weighted by Gasteiger charge is 2.30. The first-order chi connectivity index (χ1) is 14.1. The normalized spacial score (nSPS) is 13.9. The van der Waals surface area contributed by atoms with Crippen molar-refractivity contribution in [2.45, 2.75) is 6.92 Å². The molecule has 0 bridgehead atoms. The zero-order valence-electron chi connectivity index (χ0n) is 15.9. The van der Waals surface area contributed by atoms with Crippen LogP contribution >= 0.6 is 0 Å². The fourth-order valence-electron chi connectivity index (χ4n) is 3.03. The first kappa shape index (κ1) is 18.6. The third kappa shape index (κ3) is 3.65. The van der Waals surface area contributed by atoms with E-state index in [-0.39, 0.29) is 23.9 Å². The van der Waals surface area contributed by atoms with Gasteiger partial charge >= 0.3 is 0 Å². The number of ketones is 2. The Kier molecular flexibility index (Phi) is 4.91. The van der Waals surface area contributed by atoms with Crippen molar-refractivity contribution < 1.29 is 28.2 Å². The highest BCUT2D eigenvalue weighted by molar-refractivity contribution is 6.14. The van der Waals surface area contributed by atoms with Crippen molar-refractivity contribution in [2.75, 3.05) is 13.7 Å². The maximum atomic E-state index is 12.5. The predicted molar refractivity (Wildman–Crippen MR) is 106 cm³/mol. The van der Waals surface area contributed by atoms with Crippen molar-refractivity contribution in [2.24, 2.45) is 0 Å². The molecule has 1 aliphatic heterocycles. The van der Waals surface area contributed by atoms with Gasteiger partial charge in [-0.15, -0.1) is 0 Å². The SMILES string of the molecule is COc1ccc(C(=O)COc2ccc3c(c2C)O/C(=C\c2ccco2)C3=O)cc1. The van der Waals surface area contributed by atoms with Gasteiger partial charge in [0.1, 0.15) is 23.0 Å². The number of carbonyl (C=O) groups excluding carboxylic acids is 2. The van der Waals surface area contributed by atoms with E-state index in [1.807, 2.05) is 0 Å². The first-order valence-corrected chi connectivity index (χ1v) is 8.98. The lowest BCUT2D eigenvalue weighted by atomic mass is 10.1. The summed E-state index contributed by atoms with van der Waals surface area (Å²) in [7, 11) is 1.57. The van der Waals surface area contributed by atoms with Crippen molar-refractivity contribution in [1.82, 2.24) is 0 Å². The van der Waals surface area contributed by atoms with Gasteiger partial charge < -0.3 is 18.6 Å². The molecule has 6 heteroatoms. The van der Waals surface area contributed by atoms with Crippen molar-refractivity contribution in [3.63, 3.8) is 0 Å². The number of methoxy groups -OCH3 is 1. The number of benzene rings is 2. The van der Waals surface area contributed by atoms with Crippen LogP contribution in [0.3, 0.4) is 0 Å². The zero-order chi connectivity index (χ0) is 20.4. The summed E-state index contributed by atoms with van der Waals surface area (Å²) in [6, 6.07) is 13.6. The minimum Gasteiger partial charge on any atom is -0.497 e. The Hall–Kier alpha value is -3.80. The van der Waals surface area contributed by atoms with Crippen molar-refractivity contribution in [1.29, 1.82) is 0 Å². The number of hydrogen-bond acceptors (Lipinski definition) is 6. The highest BCUT2D eigenvalue weighted by atomic mass is 16.5. The Morgan fingerprint density at radius 3 is 2.59 bits per heavy atom. The van der Waals surface area contributed by atoms with Gasteiger partial charge in [0.25, 0.3) is 0 Å². The molecule has 29 heavy (non-hydrogen) atoms. The van der Waals surface area contributed by atoms with Crippen molar-refractivity contribution in [3.05, 3.63) is 83.0 Å². The van der Waals surface area contributed by atoms with E-state index in [1.54, 1.807) is 68.6 Å². The average Bonchev–Trinajstić information content (AvgIpc) is 3.36. The van der Waals surface area contributed by atoms with Gasteiger partial charge in [0, 0.05) is 17.2 Å². The summed E-state index contributed by atoms with van der Waals surface area (Å²) in [6.07, 6.45) is 3.07. The van der Waals surface area contributed by atoms with Crippen LogP contribution in [0.25, 0.3) is 6.08 Å². The van der Waals surface area contributed by atoms with Crippen LogP contribution in [-0.2, 0) is 0 Å². The lowest BCUT2D eigenvalue weighted by Crippen LogP contribution is -2.12. The van der Waals surface area contributed by atoms with E-state index in [2.05, 4.69) is 0 Å². The van der Waals surface area contributed by atoms with Crippen LogP contribution in [-0.4, -0.2) is 25.3 Å². The molecule has 2 heterocycles. The van der Waals surface area contributed by atoms with Crippen molar-refractivity contribution >= 4 is 17.6 Å². The molecule has 0 spiro atoms. The van der Waals surface area contributed by atoms with Crippen LogP contribution in [0.4, 0.5) is 0 Å². The van der Waals surface area contributed by atoms with Crippen LogP contribution < -0.4 is 14.2 Å². The number of hydrogen-bond donors (Lipinski definition) is 0. The lowest BCUT2D eigenvalue weighted by Gasteiger charge is -2.11. The smallest absolute Gasteiger partial charge is 0.232 e. The molecule has 0 radical (unpaired) electrons. The predicted octanol–water partition coefficient (Wildman–Crippen LogP) is 4.47. The minimum atomic E-state index is -0.222. The molecule has 0 saturated heterocycles. The average molecular weight is 390 g/mol. The third-order valence-corrected chi connectivity index (χ3v) is 4.62. The molecule has 6 nitrogen and oxygen atoms in total. The summed E-state index contributed by atoms with van der Waals surface area (Å²) in [4.78, 5) is 24.9. The Balaban J connectivity index is 1.50. The Morgan fingerprint density at radius 2 is 1.90 bits per heavy atom. The fourth-order valence-corrected chi connectivity index (χ4v) is 3.03. The number of rotatable bonds is 6. The monoisotopic (exact) mass is 390 g/mol. The van der Waals surface area contributed by atoms with E-state index in [4.69, 9.17) is 18.6 Å². The van der Waals surface area contributed by atoms with E-state index in [1.165, 1.54) is 6.26 Å². The molecule has 0 aliphatic carbocycles. The van der Waals surface area contributed by atoms with Gasteiger partial charge in [-0.1, -0.05) is 0 Å². The number of allylic oxidation sites excluding steroid dienone is 1. The number of Topliss-reactive ketones (excluding diaryl/α,β-unsaturated/α-hetero) is 2. The van der Waals surface area contributed by atoms with E-state index in [9.17, 15) is 9.59 Å².